The Balaban J connectivity index is 2.40. The van der Waals surface area contributed by atoms with Gasteiger partial charge in [-0.2, -0.15) is 18.4 Å². The van der Waals surface area contributed by atoms with Gasteiger partial charge >= 0.3 is 12.1 Å². The van der Waals surface area contributed by atoms with Crippen molar-refractivity contribution in [3.63, 3.8) is 0 Å². The second kappa shape index (κ2) is 6.60. The molecule has 0 aromatic heterocycles. The number of carbonyl (C=O) groups excluding carboxylic acids is 1. The summed E-state index contributed by atoms with van der Waals surface area (Å²) in [5.41, 5.74) is -0.506. The lowest BCUT2D eigenvalue weighted by Gasteiger charge is -2.19. The number of nitriles is 1. The third-order valence-electron chi connectivity index (χ3n) is 3.30. The number of nitrogens with zero attached hydrogens (tertiary/aromatic N) is 1. The summed E-state index contributed by atoms with van der Waals surface area (Å²) in [6.45, 7) is 5.21. The van der Waals surface area contributed by atoms with Crippen molar-refractivity contribution in [3.8, 4) is 17.2 Å². The first kappa shape index (κ1) is 18.5. The maximum Gasteiger partial charge on any atom is 0.416 e. The van der Waals surface area contributed by atoms with E-state index in [1.165, 1.54) is 24.3 Å². The lowest BCUT2D eigenvalue weighted by atomic mass is 9.97. The quantitative estimate of drug-likeness (QED) is 0.702. The normalized spacial score (nSPS) is 11.7. The molecule has 25 heavy (non-hydrogen) atoms. The van der Waals surface area contributed by atoms with Crippen LogP contribution in [0.3, 0.4) is 0 Å². The van der Waals surface area contributed by atoms with Gasteiger partial charge in [-0.15, -0.1) is 0 Å². The van der Waals surface area contributed by atoms with E-state index in [0.717, 1.165) is 18.2 Å². The van der Waals surface area contributed by atoms with E-state index in [0.29, 0.717) is 5.56 Å². The standard InChI is InChI=1S/C19H16F3NO2/c1-18(2,3)25-17(24)13-6-4-12(5-7-13)16-10-15(19(20,21)22)9-8-14(16)11-23/h4-10H,1-3H3. The van der Waals surface area contributed by atoms with Gasteiger partial charge in [0.2, 0.25) is 0 Å². The fourth-order valence-corrected chi connectivity index (χ4v) is 2.18. The Morgan fingerprint density at radius 3 is 2.12 bits per heavy atom. The minimum atomic E-state index is -4.50. The molecule has 0 heterocycles. The SMILES string of the molecule is CC(C)(C)OC(=O)c1ccc(-c2cc(C(F)(F)F)ccc2C#N)cc1. The number of alkyl halides is 3. The van der Waals surface area contributed by atoms with Gasteiger partial charge in [0.25, 0.3) is 0 Å². The van der Waals surface area contributed by atoms with Crippen molar-refractivity contribution in [1.29, 1.82) is 5.26 Å². The molecule has 2 aromatic rings. The molecule has 6 heteroatoms. The van der Waals surface area contributed by atoms with Crippen molar-refractivity contribution < 1.29 is 22.7 Å². The summed E-state index contributed by atoms with van der Waals surface area (Å²) in [4.78, 5) is 12.0. The molecule has 0 fully saturated rings. The van der Waals surface area contributed by atoms with E-state index in [-0.39, 0.29) is 16.7 Å². The Morgan fingerprint density at radius 2 is 1.64 bits per heavy atom. The molecule has 0 N–H and O–H groups in total. The van der Waals surface area contributed by atoms with Crippen LogP contribution < -0.4 is 0 Å². The molecule has 0 saturated heterocycles. The molecule has 2 aromatic carbocycles. The monoisotopic (exact) mass is 347 g/mol. The number of ether oxygens (including phenoxy) is 1. The van der Waals surface area contributed by atoms with Crippen LogP contribution >= 0.6 is 0 Å². The van der Waals surface area contributed by atoms with Gasteiger partial charge in [-0.1, -0.05) is 12.1 Å². The van der Waals surface area contributed by atoms with Gasteiger partial charge in [0.15, 0.2) is 0 Å². The van der Waals surface area contributed by atoms with Crippen molar-refractivity contribution in [2.24, 2.45) is 0 Å². The average Bonchev–Trinajstić information content (AvgIpc) is 2.52. The molecule has 0 atom stereocenters. The average molecular weight is 347 g/mol. The summed E-state index contributed by atoms with van der Waals surface area (Å²) in [5.74, 6) is -0.524. The van der Waals surface area contributed by atoms with Crippen LogP contribution in [0.1, 0.15) is 42.3 Å². The van der Waals surface area contributed by atoms with Crippen LogP contribution in [0.15, 0.2) is 42.5 Å². The van der Waals surface area contributed by atoms with E-state index < -0.39 is 23.3 Å². The van der Waals surface area contributed by atoms with Gasteiger partial charge in [0.05, 0.1) is 22.8 Å². The molecular weight excluding hydrogens is 331 g/mol. The first-order chi connectivity index (χ1) is 11.5. The smallest absolute Gasteiger partial charge is 0.416 e. The van der Waals surface area contributed by atoms with Gasteiger partial charge in [-0.25, -0.2) is 4.79 Å². The zero-order valence-electron chi connectivity index (χ0n) is 13.9. The molecule has 0 radical (unpaired) electrons. The van der Waals surface area contributed by atoms with Crippen molar-refractivity contribution in [2.75, 3.05) is 0 Å². The number of halogens is 3. The fraction of sp³-hybridized carbons (Fsp3) is 0.263. The van der Waals surface area contributed by atoms with Crippen LogP contribution in [0.5, 0.6) is 0 Å². The lowest BCUT2D eigenvalue weighted by molar-refractivity contribution is -0.137. The molecular formula is C19H16F3NO2. The highest BCUT2D eigenvalue weighted by atomic mass is 19.4. The highest BCUT2D eigenvalue weighted by Gasteiger charge is 2.31. The van der Waals surface area contributed by atoms with E-state index in [2.05, 4.69) is 0 Å². The predicted octanol–water partition coefficient (Wildman–Crippen LogP) is 5.20. The number of hydrogen-bond acceptors (Lipinski definition) is 3. The van der Waals surface area contributed by atoms with Gasteiger partial charge in [0, 0.05) is 5.56 Å². The molecule has 0 aliphatic heterocycles. The maximum absolute atomic E-state index is 12.9. The van der Waals surface area contributed by atoms with Gasteiger partial charge in [-0.05, 0) is 56.7 Å². The summed E-state index contributed by atoms with van der Waals surface area (Å²) in [6.07, 6.45) is -4.50. The third kappa shape index (κ3) is 4.60. The lowest BCUT2D eigenvalue weighted by Crippen LogP contribution is -2.23. The number of hydrogen-bond donors (Lipinski definition) is 0. The molecule has 0 aliphatic rings. The third-order valence-corrected chi connectivity index (χ3v) is 3.30. The van der Waals surface area contributed by atoms with Gasteiger partial charge < -0.3 is 4.74 Å². The summed E-state index contributed by atoms with van der Waals surface area (Å²) >= 11 is 0. The second-order valence-corrected chi connectivity index (χ2v) is 6.45. The van der Waals surface area contributed by atoms with Crippen molar-refractivity contribution in [1.82, 2.24) is 0 Å². The molecule has 0 saturated carbocycles. The fourth-order valence-electron chi connectivity index (χ4n) is 2.18. The Bertz CT molecular complexity index is 826. The van der Waals surface area contributed by atoms with Gasteiger partial charge in [0.1, 0.15) is 5.60 Å². The van der Waals surface area contributed by atoms with Crippen LogP contribution in [0.4, 0.5) is 13.2 Å². The molecule has 0 spiro atoms. The Morgan fingerprint density at radius 1 is 1.04 bits per heavy atom. The Hall–Kier alpha value is -2.81. The minimum absolute atomic E-state index is 0.123. The molecule has 0 bridgehead atoms. The molecule has 2 rings (SSSR count). The predicted molar refractivity (Wildman–Crippen MR) is 86.8 cm³/mol. The molecule has 130 valence electrons. The van der Waals surface area contributed by atoms with Crippen LogP contribution in [-0.2, 0) is 10.9 Å². The summed E-state index contributed by atoms with van der Waals surface area (Å²) in [6, 6.07) is 10.7. The maximum atomic E-state index is 12.9. The first-order valence-electron chi connectivity index (χ1n) is 7.46. The Labute approximate surface area is 143 Å². The topological polar surface area (TPSA) is 50.1 Å². The highest BCUT2D eigenvalue weighted by Crippen LogP contribution is 2.34. The minimum Gasteiger partial charge on any atom is -0.456 e. The summed E-state index contributed by atoms with van der Waals surface area (Å²) in [5, 5.41) is 9.14. The van der Waals surface area contributed by atoms with E-state index in [9.17, 15) is 18.0 Å². The van der Waals surface area contributed by atoms with Gasteiger partial charge in [-0.3, -0.25) is 0 Å². The number of carbonyl (C=O) groups is 1. The zero-order valence-corrected chi connectivity index (χ0v) is 13.9. The molecule has 3 nitrogen and oxygen atoms in total. The summed E-state index contributed by atoms with van der Waals surface area (Å²) in [7, 11) is 0. The van der Waals surface area contributed by atoms with E-state index in [4.69, 9.17) is 10.00 Å². The van der Waals surface area contributed by atoms with Crippen LogP contribution in [-0.4, -0.2) is 11.6 Å². The van der Waals surface area contributed by atoms with E-state index in [1.54, 1.807) is 20.8 Å². The molecule has 0 unspecified atom stereocenters. The second-order valence-electron chi connectivity index (χ2n) is 6.45. The van der Waals surface area contributed by atoms with E-state index >= 15 is 0 Å². The van der Waals surface area contributed by atoms with Crippen molar-refractivity contribution in [3.05, 3.63) is 59.2 Å². The van der Waals surface area contributed by atoms with Crippen LogP contribution in [0.25, 0.3) is 11.1 Å². The van der Waals surface area contributed by atoms with Crippen LogP contribution in [0, 0.1) is 11.3 Å². The zero-order chi connectivity index (χ0) is 18.8. The highest BCUT2D eigenvalue weighted by molar-refractivity contribution is 5.90. The number of benzene rings is 2. The largest absolute Gasteiger partial charge is 0.456 e. The molecule has 0 amide bonds. The molecule has 0 aliphatic carbocycles. The number of rotatable bonds is 2. The van der Waals surface area contributed by atoms with Crippen LogP contribution in [0.2, 0.25) is 0 Å². The van der Waals surface area contributed by atoms with Crippen molar-refractivity contribution >= 4 is 5.97 Å². The van der Waals surface area contributed by atoms with Crippen molar-refractivity contribution in [2.45, 2.75) is 32.5 Å². The Kier molecular flexibility index (Phi) is 4.89. The number of esters is 1. The summed E-state index contributed by atoms with van der Waals surface area (Å²) < 4.78 is 43.9. The first-order valence-corrected chi connectivity index (χ1v) is 7.46. The van der Waals surface area contributed by atoms with E-state index in [1.807, 2.05) is 6.07 Å².